The van der Waals surface area contributed by atoms with Gasteiger partial charge in [0.05, 0.1) is 0 Å². The van der Waals surface area contributed by atoms with E-state index in [1.165, 1.54) is 24.8 Å². The first-order valence-corrected chi connectivity index (χ1v) is 7.77. The molecule has 1 aliphatic rings. The van der Waals surface area contributed by atoms with Gasteiger partial charge in [-0.2, -0.15) is 0 Å². The van der Waals surface area contributed by atoms with Crippen LogP contribution in [-0.4, -0.2) is 49.7 Å². The van der Waals surface area contributed by atoms with Crippen molar-refractivity contribution in [1.29, 1.82) is 0 Å². The molecule has 0 aliphatic carbocycles. The van der Waals surface area contributed by atoms with Gasteiger partial charge in [0.25, 0.3) is 0 Å². The standard InChI is InChI=1S/C16H28N4/c1-4-9-17-11-14-7-8-16(18-12-14)20-10-5-6-15(13-20)19(2)3/h7-8,12,15,17H,4-6,9-11,13H2,1-3H3. The maximum absolute atomic E-state index is 4.64. The largest absolute Gasteiger partial charge is 0.355 e. The Kier molecular flexibility index (Phi) is 5.80. The lowest BCUT2D eigenvalue weighted by Gasteiger charge is -2.36. The number of pyridine rings is 1. The molecule has 1 unspecified atom stereocenters. The van der Waals surface area contributed by atoms with E-state index in [1.54, 1.807) is 0 Å². The molecule has 4 heteroatoms. The van der Waals surface area contributed by atoms with Crippen LogP contribution in [0.1, 0.15) is 31.7 Å². The number of likely N-dealkylation sites (N-methyl/N-ethyl adjacent to an activating group) is 1. The summed E-state index contributed by atoms with van der Waals surface area (Å²) in [7, 11) is 4.34. The Morgan fingerprint density at radius 2 is 2.25 bits per heavy atom. The number of nitrogens with zero attached hydrogens (tertiary/aromatic N) is 3. The van der Waals surface area contributed by atoms with Gasteiger partial charge in [0.15, 0.2) is 0 Å². The quantitative estimate of drug-likeness (QED) is 0.806. The second-order valence-corrected chi connectivity index (χ2v) is 5.91. The monoisotopic (exact) mass is 276 g/mol. The lowest BCUT2D eigenvalue weighted by Crippen LogP contribution is -2.45. The molecule has 1 atom stereocenters. The molecule has 1 aromatic rings. The first kappa shape index (κ1) is 15.3. The van der Waals surface area contributed by atoms with Gasteiger partial charge in [0, 0.05) is 31.9 Å². The third kappa shape index (κ3) is 4.18. The first-order valence-electron chi connectivity index (χ1n) is 7.77. The summed E-state index contributed by atoms with van der Waals surface area (Å²) in [6.45, 7) is 6.39. The second kappa shape index (κ2) is 7.60. The maximum atomic E-state index is 4.64. The van der Waals surface area contributed by atoms with Crippen LogP contribution in [-0.2, 0) is 6.54 Å². The van der Waals surface area contributed by atoms with Crippen LogP contribution in [0.5, 0.6) is 0 Å². The molecule has 1 fully saturated rings. The highest BCUT2D eigenvalue weighted by Crippen LogP contribution is 2.19. The number of hydrogen-bond donors (Lipinski definition) is 1. The van der Waals surface area contributed by atoms with Crippen LogP contribution >= 0.6 is 0 Å². The molecule has 2 heterocycles. The minimum Gasteiger partial charge on any atom is -0.355 e. The van der Waals surface area contributed by atoms with Crippen molar-refractivity contribution in [3.63, 3.8) is 0 Å². The molecule has 0 aromatic carbocycles. The van der Waals surface area contributed by atoms with E-state index in [-0.39, 0.29) is 0 Å². The number of hydrogen-bond acceptors (Lipinski definition) is 4. The number of aromatic nitrogens is 1. The third-order valence-corrected chi connectivity index (χ3v) is 4.02. The van der Waals surface area contributed by atoms with Crippen LogP contribution in [0.15, 0.2) is 18.3 Å². The highest BCUT2D eigenvalue weighted by Gasteiger charge is 2.21. The molecule has 112 valence electrons. The first-order chi connectivity index (χ1) is 9.70. The lowest BCUT2D eigenvalue weighted by atomic mass is 10.0. The lowest BCUT2D eigenvalue weighted by molar-refractivity contribution is 0.257. The summed E-state index contributed by atoms with van der Waals surface area (Å²) in [5.41, 5.74) is 1.27. The molecule has 20 heavy (non-hydrogen) atoms. The van der Waals surface area contributed by atoms with Crippen molar-refractivity contribution in [3.05, 3.63) is 23.9 Å². The molecule has 0 bridgehead atoms. The van der Waals surface area contributed by atoms with Gasteiger partial charge < -0.3 is 15.1 Å². The maximum Gasteiger partial charge on any atom is 0.128 e. The van der Waals surface area contributed by atoms with Crippen molar-refractivity contribution in [2.45, 2.75) is 38.8 Å². The van der Waals surface area contributed by atoms with E-state index in [0.717, 1.165) is 32.0 Å². The van der Waals surface area contributed by atoms with Crippen molar-refractivity contribution in [2.75, 3.05) is 38.6 Å². The smallest absolute Gasteiger partial charge is 0.128 e. The molecule has 2 rings (SSSR count). The number of piperidine rings is 1. The van der Waals surface area contributed by atoms with E-state index in [4.69, 9.17) is 0 Å². The number of nitrogens with one attached hydrogen (secondary N) is 1. The normalized spacial score (nSPS) is 19.6. The summed E-state index contributed by atoms with van der Waals surface area (Å²) < 4.78 is 0. The van der Waals surface area contributed by atoms with E-state index in [1.807, 2.05) is 6.20 Å². The predicted octanol–water partition coefficient (Wildman–Crippen LogP) is 2.11. The summed E-state index contributed by atoms with van der Waals surface area (Å²) in [5, 5.41) is 3.41. The van der Waals surface area contributed by atoms with E-state index < -0.39 is 0 Å². The number of anilines is 1. The summed E-state index contributed by atoms with van der Waals surface area (Å²) in [5.74, 6) is 1.12. The minimum atomic E-state index is 0.649. The molecule has 1 saturated heterocycles. The average Bonchev–Trinajstić information content (AvgIpc) is 2.48. The van der Waals surface area contributed by atoms with Gasteiger partial charge >= 0.3 is 0 Å². The Morgan fingerprint density at radius 3 is 2.90 bits per heavy atom. The van der Waals surface area contributed by atoms with Gasteiger partial charge in [-0.3, -0.25) is 0 Å². The fourth-order valence-corrected chi connectivity index (χ4v) is 2.70. The van der Waals surface area contributed by atoms with Crippen LogP contribution < -0.4 is 10.2 Å². The van der Waals surface area contributed by atoms with Gasteiger partial charge in [-0.15, -0.1) is 0 Å². The fourth-order valence-electron chi connectivity index (χ4n) is 2.70. The van der Waals surface area contributed by atoms with E-state index in [2.05, 4.69) is 53.3 Å². The Bertz CT molecular complexity index is 388. The molecule has 0 spiro atoms. The summed E-state index contributed by atoms with van der Waals surface area (Å²) in [6.07, 6.45) is 5.73. The zero-order valence-corrected chi connectivity index (χ0v) is 13.1. The highest BCUT2D eigenvalue weighted by atomic mass is 15.2. The Balaban J connectivity index is 1.92. The molecule has 1 aromatic heterocycles. The van der Waals surface area contributed by atoms with Crippen molar-refractivity contribution < 1.29 is 0 Å². The molecule has 0 radical (unpaired) electrons. The minimum absolute atomic E-state index is 0.649. The molecule has 0 amide bonds. The van der Waals surface area contributed by atoms with Gasteiger partial charge in [-0.25, -0.2) is 4.98 Å². The van der Waals surface area contributed by atoms with Crippen LogP contribution in [0.2, 0.25) is 0 Å². The fraction of sp³-hybridized carbons (Fsp3) is 0.688. The van der Waals surface area contributed by atoms with Crippen LogP contribution in [0.3, 0.4) is 0 Å². The average molecular weight is 276 g/mol. The van der Waals surface area contributed by atoms with Crippen molar-refractivity contribution >= 4 is 5.82 Å². The van der Waals surface area contributed by atoms with Gasteiger partial charge in [-0.05, 0) is 51.5 Å². The summed E-state index contributed by atoms with van der Waals surface area (Å²) >= 11 is 0. The van der Waals surface area contributed by atoms with Gasteiger partial charge in [-0.1, -0.05) is 13.0 Å². The SMILES string of the molecule is CCCNCc1ccc(N2CCCC(N(C)C)C2)nc1. The van der Waals surface area contributed by atoms with Crippen LogP contribution in [0, 0.1) is 0 Å². The van der Waals surface area contributed by atoms with Crippen molar-refractivity contribution in [1.82, 2.24) is 15.2 Å². The van der Waals surface area contributed by atoms with E-state index in [0.29, 0.717) is 6.04 Å². The highest BCUT2D eigenvalue weighted by molar-refractivity contribution is 5.40. The molecule has 1 N–H and O–H groups in total. The Labute approximate surface area is 123 Å². The van der Waals surface area contributed by atoms with Crippen LogP contribution in [0.25, 0.3) is 0 Å². The third-order valence-electron chi connectivity index (χ3n) is 4.02. The molecule has 4 nitrogen and oxygen atoms in total. The molecule has 0 saturated carbocycles. The molecule has 1 aliphatic heterocycles. The summed E-state index contributed by atoms with van der Waals surface area (Å²) in [4.78, 5) is 9.38. The topological polar surface area (TPSA) is 31.4 Å². The summed E-state index contributed by atoms with van der Waals surface area (Å²) in [6, 6.07) is 5.02. The second-order valence-electron chi connectivity index (χ2n) is 5.91. The zero-order chi connectivity index (χ0) is 14.4. The number of rotatable bonds is 6. The van der Waals surface area contributed by atoms with Gasteiger partial charge in [0.1, 0.15) is 5.82 Å². The van der Waals surface area contributed by atoms with Crippen LogP contribution in [0.4, 0.5) is 5.82 Å². The van der Waals surface area contributed by atoms with E-state index in [9.17, 15) is 0 Å². The predicted molar refractivity (Wildman–Crippen MR) is 85.2 cm³/mol. The van der Waals surface area contributed by atoms with Crippen molar-refractivity contribution in [3.8, 4) is 0 Å². The van der Waals surface area contributed by atoms with Gasteiger partial charge in [0.2, 0.25) is 0 Å². The Morgan fingerprint density at radius 1 is 1.40 bits per heavy atom. The molecular weight excluding hydrogens is 248 g/mol. The molecular formula is C16H28N4. The van der Waals surface area contributed by atoms with Crippen molar-refractivity contribution in [2.24, 2.45) is 0 Å². The zero-order valence-electron chi connectivity index (χ0n) is 13.1. The Hall–Kier alpha value is -1.13. The van der Waals surface area contributed by atoms with E-state index >= 15 is 0 Å².